The zero-order chi connectivity index (χ0) is 17.3. The summed E-state index contributed by atoms with van der Waals surface area (Å²) < 4.78 is 24.4. The highest BCUT2D eigenvalue weighted by molar-refractivity contribution is 14.0. The first-order valence-electron chi connectivity index (χ1n) is 8.10. The van der Waals surface area contributed by atoms with Gasteiger partial charge in [-0.25, -0.2) is 8.42 Å². The lowest BCUT2D eigenvalue weighted by Gasteiger charge is -2.18. The second-order valence-electron chi connectivity index (χ2n) is 6.15. The maximum Gasteiger partial charge on any atom is 0.191 e. The molecule has 1 unspecified atom stereocenters. The summed E-state index contributed by atoms with van der Waals surface area (Å²) >= 11 is 0. The average molecular weight is 467 g/mol. The largest absolute Gasteiger partial charge is 0.355 e. The number of rotatable bonds is 8. The Hall–Kier alpha value is -0.830. The molecule has 0 aliphatic carbocycles. The van der Waals surface area contributed by atoms with Crippen LogP contribution in [0, 0.1) is 5.92 Å². The molecule has 0 radical (unpaired) electrons. The fourth-order valence-corrected chi connectivity index (χ4v) is 3.31. The number of nitrogens with one attached hydrogen (secondary N) is 2. The molecule has 24 heavy (non-hydrogen) atoms. The number of halogens is 1. The van der Waals surface area contributed by atoms with Crippen molar-refractivity contribution in [3.63, 3.8) is 0 Å². The van der Waals surface area contributed by atoms with Gasteiger partial charge in [-0.15, -0.1) is 24.0 Å². The molecule has 0 fully saturated rings. The summed E-state index contributed by atoms with van der Waals surface area (Å²) in [4.78, 5) is 4.50. The highest BCUT2D eigenvalue weighted by Crippen LogP contribution is 2.09. The maximum absolute atomic E-state index is 12.2. The number of sulfone groups is 1. The molecular formula is C17H30IN3O2S. The van der Waals surface area contributed by atoms with Crippen molar-refractivity contribution in [2.24, 2.45) is 10.9 Å². The molecule has 1 aromatic carbocycles. The molecule has 0 bridgehead atoms. The van der Waals surface area contributed by atoms with Crippen molar-refractivity contribution in [3.8, 4) is 0 Å². The van der Waals surface area contributed by atoms with Crippen LogP contribution in [0.3, 0.4) is 0 Å². The first-order chi connectivity index (χ1) is 10.8. The fourth-order valence-electron chi connectivity index (χ4n) is 2.13. The van der Waals surface area contributed by atoms with E-state index in [2.05, 4.69) is 36.4 Å². The van der Waals surface area contributed by atoms with Gasteiger partial charge in [0.1, 0.15) is 0 Å². The third kappa shape index (κ3) is 8.86. The van der Waals surface area contributed by atoms with Crippen LogP contribution in [-0.4, -0.2) is 39.8 Å². The van der Waals surface area contributed by atoms with Gasteiger partial charge >= 0.3 is 0 Å². The van der Waals surface area contributed by atoms with Crippen LogP contribution in [0.4, 0.5) is 0 Å². The fraction of sp³-hybridized carbons (Fsp3) is 0.588. The van der Waals surface area contributed by atoms with Gasteiger partial charge < -0.3 is 10.6 Å². The van der Waals surface area contributed by atoms with Crippen LogP contribution < -0.4 is 10.6 Å². The topological polar surface area (TPSA) is 70.6 Å². The molecule has 0 saturated carbocycles. The van der Waals surface area contributed by atoms with Gasteiger partial charge in [0.05, 0.1) is 10.6 Å². The van der Waals surface area contributed by atoms with Crippen LogP contribution in [0.1, 0.15) is 33.6 Å². The molecule has 1 rings (SSSR count). The highest BCUT2D eigenvalue weighted by atomic mass is 127. The number of hydrogen-bond donors (Lipinski definition) is 2. The van der Waals surface area contributed by atoms with E-state index < -0.39 is 9.84 Å². The van der Waals surface area contributed by atoms with Crippen LogP contribution >= 0.6 is 24.0 Å². The Balaban J connectivity index is 0.00000529. The van der Waals surface area contributed by atoms with Crippen molar-refractivity contribution in [2.45, 2.75) is 44.6 Å². The van der Waals surface area contributed by atoms with Crippen LogP contribution in [0.5, 0.6) is 0 Å². The normalized spacial score (nSPS) is 13.3. The lowest BCUT2D eigenvalue weighted by molar-refractivity contribution is 0.489. The predicted octanol–water partition coefficient (Wildman–Crippen LogP) is 3.07. The van der Waals surface area contributed by atoms with Gasteiger partial charge in [-0.3, -0.25) is 4.99 Å². The zero-order valence-corrected chi connectivity index (χ0v) is 18.1. The first-order valence-corrected chi connectivity index (χ1v) is 9.75. The van der Waals surface area contributed by atoms with Gasteiger partial charge in [0.25, 0.3) is 0 Å². The van der Waals surface area contributed by atoms with Crippen molar-refractivity contribution < 1.29 is 8.42 Å². The summed E-state index contributed by atoms with van der Waals surface area (Å²) in [5.74, 6) is 1.35. The van der Waals surface area contributed by atoms with Gasteiger partial charge in [-0.2, -0.15) is 0 Å². The molecule has 0 amide bonds. The maximum atomic E-state index is 12.2. The third-order valence-corrected chi connectivity index (χ3v) is 5.28. The molecule has 138 valence electrons. The Labute approximate surface area is 163 Å². The molecule has 1 atom stereocenters. The smallest absolute Gasteiger partial charge is 0.191 e. The Morgan fingerprint density at radius 3 is 2.29 bits per heavy atom. The molecule has 0 aliphatic rings. The molecule has 0 saturated heterocycles. The van der Waals surface area contributed by atoms with Crippen molar-refractivity contribution in [1.29, 1.82) is 0 Å². The van der Waals surface area contributed by atoms with E-state index in [9.17, 15) is 8.42 Å². The molecule has 0 heterocycles. The molecular weight excluding hydrogens is 437 g/mol. The number of guanidine groups is 1. The summed E-state index contributed by atoms with van der Waals surface area (Å²) in [6, 6.07) is 8.82. The summed E-state index contributed by atoms with van der Waals surface area (Å²) in [6.07, 6.45) is 2.20. The number of hydrogen-bond acceptors (Lipinski definition) is 3. The number of aliphatic imine (C=N–C) groups is 1. The average Bonchev–Trinajstić information content (AvgIpc) is 2.52. The van der Waals surface area contributed by atoms with Crippen LogP contribution in [0.2, 0.25) is 0 Å². The Kier molecular flexibility index (Phi) is 11.3. The van der Waals surface area contributed by atoms with Crippen molar-refractivity contribution in [2.75, 3.05) is 19.3 Å². The lowest BCUT2D eigenvalue weighted by atomic mass is 10.0. The Bertz CT molecular complexity index is 589. The molecule has 0 aliphatic heterocycles. The monoisotopic (exact) mass is 467 g/mol. The second-order valence-corrected chi connectivity index (χ2v) is 8.26. The van der Waals surface area contributed by atoms with E-state index in [0.29, 0.717) is 29.4 Å². The predicted molar refractivity (Wildman–Crippen MR) is 112 cm³/mol. The van der Waals surface area contributed by atoms with Crippen LogP contribution in [-0.2, 0) is 9.84 Å². The van der Waals surface area contributed by atoms with E-state index in [-0.39, 0.29) is 29.7 Å². The Morgan fingerprint density at radius 1 is 1.12 bits per heavy atom. The van der Waals surface area contributed by atoms with Gasteiger partial charge in [0, 0.05) is 19.6 Å². The summed E-state index contributed by atoms with van der Waals surface area (Å²) in [7, 11) is -1.57. The van der Waals surface area contributed by atoms with E-state index in [0.717, 1.165) is 12.8 Å². The van der Waals surface area contributed by atoms with Gasteiger partial charge in [0.2, 0.25) is 0 Å². The zero-order valence-electron chi connectivity index (χ0n) is 15.0. The van der Waals surface area contributed by atoms with Gasteiger partial charge in [0.15, 0.2) is 15.8 Å². The van der Waals surface area contributed by atoms with Crippen LogP contribution in [0.25, 0.3) is 0 Å². The molecule has 7 heteroatoms. The van der Waals surface area contributed by atoms with E-state index in [1.165, 1.54) is 0 Å². The Morgan fingerprint density at radius 2 is 1.75 bits per heavy atom. The summed E-state index contributed by atoms with van der Waals surface area (Å²) in [6.45, 7) is 6.84. The minimum atomic E-state index is -3.26. The summed E-state index contributed by atoms with van der Waals surface area (Å²) in [5, 5.41) is 6.37. The lowest BCUT2D eigenvalue weighted by Crippen LogP contribution is -2.43. The number of nitrogens with zero attached hydrogens (tertiary/aromatic N) is 1. The van der Waals surface area contributed by atoms with Gasteiger partial charge in [-0.05, 0) is 37.8 Å². The third-order valence-electron chi connectivity index (χ3n) is 3.55. The second kappa shape index (κ2) is 11.7. The first kappa shape index (κ1) is 23.2. The minimum absolute atomic E-state index is 0. The standard InChI is InChI=1S/C17H29N3O2S.HI/c1-14(2)10-11-15(3)20-17(18-4)19-12-13-23(21,22)16-8-6-5-7-9-16;/h5-9,14-15H,10-13H2,1-4H3,(H2,18,19,20);1H. The van der Waals surface area contributed by atoms with Crippen molar-refractivity contribution >= 4 is 39.8 Å². The highest BCUT2D eigenvalue weighted by Gasteiger charge is 2.14. The molecule has 5 nitrogen and oxygen atoms in total. The van der Waals surface area contributed by atoms with E-state index in [1.807, 2.05) is 6.07 Å². The molecule has 1 aromatic rings. The van der Waals surface area contributed by atoms with Gasteiger partial charge in [-0.1, -0.05) is 32.0 Å². The molecule has 2 N–H and O–H groups in total. The van der Waals surface area contributed by atoms with E-state index in [4.69, 9.17) is 0 Å². The molecule has 0 aromatic heterocycles. The van der Waals surface area contributed by atoms with Crippen molar-refractivity contribution in [1.82, 2.24) is 10.6 Å². The minimum Gasteiger partial charge on any atom is -0.355 e. The number of benzene rings is 1. The SMILES string of the molecule is CN=C(NCCS(=O)(=O)c1ccccc1)NC(C)CCC(C)C.I. The van der Waals surface area contributed by atoms with Crippen LogP contribution in [0.15, 0.2) is 40.2 Å². The van der Waals surface area contributed by atoms with E-state index >= 15 is 0 Å². The molecule has 0 spiro atoms. The van der Waals surface area contributed by atoms with Crippen molar-refractivity contribution in [3.05, 3.63) is 30.3 Å². The van der Waals surface area contributed by atoms with E-state index in [1.54, 1.807) is 31.3 Å². The quantitative estimate of drug-likeness (QED) is 0.350. The summed E-state index contributed by atoms with van der Waals surface area (Å²) in [5.41, 5.74) is 0.